The molecule has 1 aromatic rings. The first-order valence-corrected chi connectivity index (χ1v) is 3.56. The Bertz CT molecular complexity index is 271. The predicted octanol–water partition coefficient (Wildman–Crippen LogP) is 1.38. The SMILES string of the molecule is CCC(=O)c1cnncc1C. The third-order valence-electron chi connectivity index (χ3n) is 1.55. The first kappa shape index (κ1) is 7.85. The summed E-state index contributed by atoms with van der Waals surface area (Å²) in [6.45, 7) is 3.69. The molecule has 0 aliphatic carbocycles. The highest BCUT2D eigenvalue weighted by Gasteiger charge is 2.05. The van der Waals surface area contributed by atoms with E-state index in [-0.39, 0.29) is 5.78 Å². The van der Waals surface area contributed by atoms with Crippen molar-refractivity contribution in [2.45, 2.75) is 20.3 Å². The summed E-state index contributed by atoms with van der Waals surface area (Å²) < 4.78 is 0. The van der Waals surface area contributed by atoms with Crippen molar-refractivity contribution in [3.05, 3.63) is 23.5 Å². The van der Waals surface area contributed by atoms with Gasteiger partial charge in [-0.3, -0.25) is 4.79 Å². The predicted molar refractivity (Wildman–Crippen MR) is 41.4 cm³/mol. The fraction of sp³-hybridized carbons (Fsp3) is 0.375. The van der Waals surface area contributed by atoms with E-state index in [0.717, 1.165) is 5.56 Å². The largest absolute Gasteiger partial charge is 0.294 e. The quantitative estimate of drug-likeness (QED) is 0.598. The van der Waals surface area contributed by atoms with Crippen LogP contribution < -0.4 is 0 Å². The van der Waals surface area contributed by atoms with E-state index < -0.39 is 0 Å². The van der Waals surface area contributed by atoms with E-state index in [9.17, 15) is 4.79 Å². The average Bonchev–Trinajstić information content (AvgIpc) is 2.04. The maximum atomic E-state index is 11.2. The Labute approximate surface area is 65.5 Å². The summed E-state index contributed by atoms with van der Waals surface area (Å²) in [5.74, 6) is 0.123. The molecule has 1 heterocycles. The highest BCUT2D eigenvalue weighted by atomic mass is 16.1. The summed E-state index contributed by atoms with van der Waals surface area (Å²) in [7, 11) is 0. The molecule has 0 aliphatic rings. The number of Topliss-reactive ketones (excluding diaryl/α,β-unsaturated/α-hetero) is 1. The number of hydrogen-bond donors (Lipinski definition) is 0. The molecule has 0 amide bonds. The molecule has 11 heavy (non-hydrogen) atoms. The van der Waals surface area contributed by atoms with Crippen LogP contribution in [0.3, 0.4) is 0 Å². The Balaban J connectivity index is 3.03. The van der Waals surface area contributed by atoms with Gasteiger partial charge in [-0.1, -0.05) is 6.92 Å². The van der Waals surface area contributed by atoms with Crippen LogP contribution >= 0.6 is 0 Å². The minimum absolute atomic E-state index is 0.123. The standard InChI is InChI=1S/C8H10N2O/c1-3-8(11)7-5-10-9-4-6(7)2/h4-5H,3H2,1-2H3. The number of carbonyl (C=O) groups is 1. The van der Waals surface area contributed by atoms with E-state index in [1.807, 2.05) is 13.8 Å². The van der Waals surface area contributed by atoms with E-state index in [2.05, 4.69) is 10.2 Å². The van der Waals surface area contributed by atoms with Crippen LogP contribution in [0.15, 0.2) is 12.4 Å². The summed E-state index contributed by atoms with van der Waals surface area (Å²) in [6.07, 6.45) is 3.64. The minimum Gasteiger partial charge on any atom is -0.294 e. The highest BCUT2D eigenvalue weighted by Crippen LogP contribution is 2.05. The lowest BCUT2D eigenvalue weighted by Gasteiger charge is -1.98. The van der Waals surface area contributed by atoms with E-state index in [1.54, 1.807) is 6.20 Å². The van der Waals surface area contributed by atoms with Crippen LogP contribution in [0.25, 0.3) is 0 Å². The Morgan fingerprint density at radius 1 is 1.45 bits per heavy atom. The Hall–Kier alpha value is -1.25. The van der Waals surface area contributed by atoms with Gasteiger partial charge in [-0.2, -0.15) is 10.2 Å². The summed E-state index contributed by atoms with van der Waals surface area (Å²) in [4.78, 5) is 11.2. The molecular formula is C8H10N2O. The molecule has 0 aromatic carbocycles. The van der Waals surface area contributed by atoms with Crippen LogP contribution in [0, 0.1) is 6.92 Å². The van der Waals surface area contributed by atoms with Gasteiger partial charge in [-0.15, -0.1) is 0 Å². The third-order valence-corrected chi connectivity index (χ3v) is 1.55. The molecular weight excluding hydrogens is 140 g/mol. The van der Waals surface area contributed by atoms with Crippen LogP contribution in [0.5, 0.6) is 0 Å². The Morgan fingerprint density at radius 3 is 2.64 bits per heavy atom. The van der Waals surface area contributed by atoms with Crippen molar-refractivity contribution in [2.75, 3.05) is 0 Å². The second-order valence-electron chi connectivity index (χ2n) is 2.36. The summed E-state index contributed by atoms with van der Waals surface area (Å²) >= 11 is 0. The number of aromatic nitrogens is 2. The van der Waals surface area contributed by atoms with Gasteiger partial charge < -0.3 is 0 Å². The van der Waals surface area contributed by atoms with Crippen molar-refractivity contribution in [1.29, 1.82) is 0 Å². The lowest BCUT2D eigenvalue weighted by molar-refractivity contribution is 0.0987. The average molecular weight is 150 g/mol. The third kappa shape index (κ3) is 1.61. The first-order chi connectivity index (χ1) is 5.25. The van der Waals surface area contributed by atoms with Crippen LogP contribution in [-0.2, 0) is 0 Å². The first-order valence-electron chi connectivity index (χ1n) is 3.56. The van der Waals surface area contributed by atoms with Crippen LogP contribution in [0.4, 0.5) is 0 Å². The lowest BCUT2D eigenvalue weighted by atomic mass is 10.1. The fourth-order valence-corrected chi connectivity index (χ4v) is 0.865. The number of aryl methyl sites for hydroxylation is 1. The molecule has 0 unspecified atom stereocenters. The van der Waals surface area contributed by atoms with E-state index in [1.165, 1.54) is 6.20 Å². The van der Waals surface area contributed by atoms with Gasteiger partial charge in [0, 0.05) is 12.0 Å². The molecule has 0 bridgehead atoms. The van der Waals surface area contributed by atoms with Gasteiger partial charge in [0.1, 0.15) is 0 Å². The van der Waals surface area contributed by atoms with Gasteiger partial charge in [-0.25, -0.2) is 0 Å². The minimum atomic E-state index is 0.123. The monoisotopic (exact) mass is 150 g/mol. The molecule has 0 atom stereocenters. The van der Waals surface area contributed by atoms with Gasteiger partial charge in [-0.05, 0) is 12.5 Å². The highest BCUT2D eigenvalue weighted by molar-refractivity contribution is 5.96. The Kier molecular flexibility index (Phi) is 2.31. The molecule has 58 valence electrons. The molecule has 3 nitrogen and oxygen atoms in total. The number of rotatable bonds is 2. The van der Waals surface area contributed by atoms with E-state index >= 15 is 0 Å². The molecule has 0 spiro atoms. The van der Waals surface area contributed by atoms with Crippen molar-refractivity contribution >= 4 is 5.78 Å². The molecule has 3 heteroatoms. The maximum Gasteiger partial charge on any atom is 0.164 e. The molecule has 0 saturated carbocycles. The van der Waals surface area contributed by atoms with Gasteiger partial charge >= 0.3 is 0 Å². The van der Waals surface area contributed by atoms with Gasteiger partial charge in [0.25, 0.3) is 0 Å². The maximum absolute atomic E-state index is 11.2. The number of carbonyl (C=O) groups excluding carboxylic acids is 1. The number of ketones is 1. The van der Waals surface area contributed by atoms with Crippen LogP contribution in [0.2, 0.25) is 0 Å². The fourth-order valence-electron chi connectivity index (χ4n) is 0.865. The lowest BCUT2D eigenvalue weighted by Crippen LogP contribution is -2.01. The summed E-state index contributed by atoms with van der Waals surface area (Å²) in [5, 5.41) is 7.30. The van der Waals surface area contributed by atoms with Crippen molar-refractivity contribution in [2.24, 2.45) is 0 Å². The van der Waals surface area contributed by atoms with Gasteiger partial charge in [0.2, 0.25) is 0 Å². The van der Waals surface area contributed by atoms with Crippen molar-refractivity contribution in [1.82, 2.24) is 10.2 Å². The van der Waals surface area contributed by atoms with Crippen molar-refractivity contribution in [3.63, 3.8) is 0 Å². The van der Waals surface area contributed by atoms with Gasteiger partial charge in [0.05, 0.1) is 12.4 Å². The van der Waals surface area contributed by atoms with Gasteiger partial charge in [0.15, 0.2) is 5.78 Å². The zero-order valence-electron chi connectivity index (χ0n) is 6.66. The normalized spacial score (nSPS) is 9.64. The Morgan fingerprint density at radius 2 is 2.09 bits per heavy atom. The molecule has 0 radical (unpaired) electrons. The van der Waals surface area contributed by atoms with Crippen LogP contribution in [0.1, 0.15) is 29.3 Å². The zero-order valence-corrected chi connectivity index (χ0v) is 6.66. The number of nitrogens with zero attached hydrogens (tertiary/aromatic N) is 2. The van der Waals surface area contributed by atoms with Crippen molar-refractivity contribution in [3.8, 4) is 0 Å². The molecule has 0 saturated heterocycles. The topological polar surface area (TPSA) is 42.9 Å². The smallest absolute Gasteiger partial charge is 0.164 e. The second kappa shape index (κ2) is 3.23. The molecule has 1 aromatic heterocycles. The molecule has 0 N–H and O–H groups in total. The summed E-state index contributed by atoms with van der Waals surface area (Å²) in [5.41, 5.74) is 1.58. The van der Waals surface area contributed by atoms with Crippen molar-refractivity contribution < 1.29 is 4.79 Å². The zero-order chi connectivity index (χ0) is 8.27. The molecule has 1 rings (SSSR count). The van der Waals surface area contributed by atoms with E-state index in [0.29, 0.717) is 12.0 Å². The van der Waals surface area contributed by atoms with Crippen LogP contribution in [-0.4, -0.2) is 16.0 Å². The van der Waals surface area contributed by atoms with E-state index in [4.69, 9.17) is 0 Å². The second-order valence-corrected chi connectivity index (χ2v) is 2.36. The summed E-state index contributed by atoms with van der Waals surface area (Å²) in [6, 6.07) is 0. The molecule has 0 aliphatic heterocycles. The number of hydrogen-bond acceptors (Lipinski definition) is 3. The molecule has 0 fully saturated rings.